The van der Waals surface area contributed by atoms with Crippen LogP contribution in [0.25, 0.3) is 0 Å². The summed E-state index contributed by atoms with van der Waals surface area (Å²) in [6.07, 6.45) is -2.40. The number of nitrogens with one attached hydrogen (secondary N) is 2. The Morgan fingerprint density at radius 2 is 1.73 bits per heavy atom. The predicted octanol–water partition coefficient (Wildman–Crippen LogP) is -2.10. The van der Waals surface area contributed by atoms with Gasteiger partial charge in [0, 0.05) is 12.5 Å². The molecule has 5 atom stereocenters. The fraction of sp³-hybridized carbons (Fsp3) is 0.929. The number of hydrogen-bond acceptors (Lipinski definition) is 7. The average Bonchev–Trinajstić information content (AvgIpc) is 2.51. The van der Waals surface area contributed by atoms with Crippen molar-refractivity contribution < 1.29 is 24.9 Å². The third-order valence-corrected chi connectivity index (χ3v) is 3.84. The van der Waals surface area contributed by atoms with Gasteiger partial charge in [0.2, 0.25) is 5.91 Å². The molecule has 1 aliphatic heterocycles. The van der Waals surface area contributed by atoms with Gasteiger partial charge < -0.3 is 36.4 Å². The van der Waals surface area contributed by atoms with Gasteiger partial charge in [-0.25, -0.2) is 0 Å². The summed E-state index contributed by atoms with van der Waals surface area (Å²) in [6, 6.07) is 0. The fourth-order valence-corrected chi connectivity index (χ4v) is 2.35. The molecule has 130 valence electrons. The zero-order valence-corrected chi connectivity index (χ0v) is 13.1. The topological polar surface area (TPSA) is 137 Å². The first kappa shape index (κ1) is 19.3. The molecule has 1 heterocycles. The van der Waals surface area contributed by atoms with Crippen molar-refractivity contribution in [2.75, 3.05) is 26.2 Å². The van der Waals surface area contributed by atoms with Crippen molar-refractivity contribution >= 4 is 5.91 Å². The molecule has 0 spiro atoms. The summed E-state index contributed by atoms with van der Waals surface area (Å²) in [4.78, 5) is 12.0. The lowest BCUT2D eigenvalue weighted by molar-refractivity contribution is -0.261. The number of hydrogen-bond donors (Lipinski definition) is 6. The third-order valence-electron chi connectivity index (χ3n) is 3.84. The highest BCUT2D eigenvalue weighted by Gasteiger charge is 2.44. The van der Waals surface area contributed by atoms with Crippen molar-refractivity contribution in [3.05, 3.63) is 0 Å². The van der Waals surface area contributed by atoms with Gasteiger partial charge in [0.05, 0.1) is 6.10 Å². The fourth-order valence-electron chi connectivity index (χ4n) is 2.35. The Labute approximate surface area is 131 Å². The lowest BCUT2D eigenvalue weighted by Crippen LogP contribution is -2.57. The smallest absolute Gasteiger partial charge is 0.249 e. The molecule has 0 radical (unpaired) electrons. The molecule has 8 heteroatoms. The highest BCUT2D eigenvalue weighted by molar-refractivity contribution is 5.81. The number of nitrogens with two attached hydrogens (primary N) is 1. The van der Waals surface area contributed by atoms with Gasteiger partial charge in [-0.2, -0.15) is 0 Å². The van der Waals surface area contributed by atoms with Gasteiger partial charge in [-0.05, 0) is 38.9 Å². The molecule has 0 aromatic carbocycles. The predicted molar refractivity (Wildman–Crippen MR) is 80.8 cm³/mol. The van der Waals surface area contributed by atoms with Crippen LogP contribution in [0.15, 0.2) is 0 Å². The van der Waals surface area contributed by atoms with Gasteiger partial charge in [0.25, 0.3) is 0 Å². The van der Waals surface area contributed by atoms with Gasteiger partial charge in [0.1, 0.15) is 12.2 Å². The third kappa shape index (κ3) is 5.79. The van der Waals surface area contributed by atoms with E-state index in [1.54, 1.807) is 6.92 Å². The van der Waals surface area contributed by atoms with Gasteiger partial charge in [-0.3, -0.25) is 4.79 Å². The Morgan fingerprint density at radius 3 is 2.41 bits per heavy atom. The molecule has 0 aliphatic carbocycles. The van der Waals surface area contributed by atoms with Crippen LogP contribution in [-0.2, 0) is 9.53 Å². The lowest BCUT2D eigenvalue weighted by atomic mass is 9.90. The van der Waals surface area contributed by atoms with Crippen molar-refractivity contribution in [3.8, 4) is 0 Å². The Kier molecular flexibility index (Phi) is 8.84. The summed E-state index contributed by atoms with van der Waals surface area (Å²) >= 11 is 0. The summed E-state index contributed by atoms with van der Waals surface area (Å²) in [6.45, 7) is 4.54. The number of rotatable bonds is 9. The van der Waals surface area contributed by atoms with E-state index in [-0.39, 0.29) is 5.91 Å². The molecule has 0 saturated carbocycles. The normalized spacial score (nSPS) is 32.0. The van der Waals surface area contributed by atoms with Crippen molar-refractivity contribution in [3.63, 3.8) is 0 Å². The van der Waals surface area contributed by atoms with Gasteiger partial charge in [-0.1, -0.05) is 6.92 Å². The van der Waals surface area contributed by atoms with E-state index in [0.717, 1.165) is 32.4 Å². The van der Waals surface area contributed by atoms with Crippen LogP contribution in [0.5, 0.6) is 0 Å². The standard InChI is InChI=1S/C14H29N3O5/c1-9-10(18)11(19)14(21)22-12(9)13(20)17-8-3-2-6-16-7-4-5-15/h9-12,14,16,18-19,21H,2-8,15H2,1H3,(H,17,20). The SMILES string of the molecule is CC1C(C(=O)NCCCCNCCCN)OC(O)C(O)C1O. The molecule has 0 aromatic rings. The van der Waals surface area contributed by atoms with Crippen LogP contribution >= 0.6 is 0 Å². The minimum atomic E-state index is -1.55. The first-order valence-corrected chi connectivity index (χ1v) is 7.87. The van der Waals surface area contributed by atoms with Crippen LogP contribution in [0.4, 0.5) is 0 Å². The highest BCUT2D eigenvalue weighted by Crippen LogP contribution is 2.24. The van der Waals surface area contributed by atoms with Crippen molar-refractivity contribution in [2.24, 2.45) is 11.7 Å². The summed E-state index contributed by atoms with van der Waals surface area (Å²) in [7, 11) is 0. The summed E-state index contributed by atoms with van der Waals surface area (Å²) in [5.74, 6) is -0.968. The molecule has 1 aliphatic rings. The highest BCUT2D eigenvalue weighted by atomic mass is 16.6. The van der Waals surface area contributed by atoms with E-state index in [0.29, 0.717) is 13.1 Å². The second kappa shape index (κ2) is 10.1. The molecular formula is C14H29N3O5. The minimum Gasteiger partial charge on any atom is -0.390 e. The van der Waals surface area contributed by atoms with Gasteiger partial charge in [-0.15, -0.1) is 0 Å². The van der Waals surface area contributed by atoms with Crippen LogP contribution in [0.3, 0.4) is 0 Å². The van der Waals surface area contributed by atoms with Crippen LogP contribution in [0.1, 0.15) is 26.2 Å². The Morgan fingerprint density at radius 1 is 1.09 bits per heavy atom. The Balaban J connectivity index is 2.19. The first-order valence-electron chi connectivity index (χ1n) is 7.87. The number of aliphatic hydroxyl groups excluding tert-OH is 3. The quantitative estimate of drug-likeness (QED) is 0.268. The van der Waals surface area contributed by atoms with E-state index in [9.17, 15) is 20.1 Å². The monoisotopic (exact) mass is 319 g/mol. The van der Waals surface area contributed by atoms with E-state index in [1.165, 1.54) is 0 Å². The molecule has 0 bridgehead atoms. The van der Waals surface area contributed by atoms with Gasteiger partial charge >= 0.3 is 0 Å². The van der Waals surface area contributed by atoms with E-state index in [1.807, 2.05) is 0 Å². The Bertz CT molecular complexity index is 332. The molecule has 1 fully saturated rings. The van der Waals surface area contributed by atoms with E-state index < -0.39 is 30.5 Å². The Hall–Kier alpha value is -0.770. The number of ether oxygens (including phenoxy) is 1. The molecule has 1 saturated heterocycles. The number of aliphatic hydroxyl groups is 3. The maximum absolute atomic E-state index is 12.0. The lowest BCUT2D eigenvalue weighted by Gasteiger charge is -2.38. The van der Waals surface area contributed by atoms with Crippen molar-refractivity contribution in [1.29, 1.82) is 0 Å². The second-order valence-corrected chi connectivity index (χ2v) is 5.68. The zero-order chi connectivity index (χ0) is 16.5. The molecule has 22 heavy (non-hydrogen) atoms. The number of carbonyl (C=O) groups is 1. The molecular weight excluding hydrogens is 290 g/mol. The average molecular weight is 319 g/mol. The number of unbranched alkanes of at least 4 members (excludes halogenated alkanes) is 1. The van der Waals surface area contributed by atoms with Crippen LogP contribution < -0.4 is 16.4 Å². The zero-order valence-electron chi connectivity index (χ0n) is 13.1. The van der Waals surface area contributed by atoms with Crippen LogP contribution in [0, 0.1) is 5.92 Å². The van der Waals surface area contributed by atoms with Crippen LogP contribution in [-0.4, -0.2) is 72.0 Å². The van der Waals surface area contributed by atoms with Gasteiger partial charge in [0.15, 0.2) is 6.29 Å². The van der Waals surface area contributed by atoms with Crippen molar-refractivity contribution in [1.82, 2.24) is 10.6 Å². The maximum atomic E-state index is 12.0. The number of amides is 1. The van der Waals surface area contributed by atoms with E-state index >= 15 is 0 Å². The largest absolute Gasteiger partial charge is 0.390 e. The molecule has 0 aromatic heterocycles. The summed E-state index contributed by atoms with van der Waals surface area (Å²) < 4.78 is 5.07. The molecule has 5 unspecified atom stereocenters. The molecule has 1 amide bonds. The number of carbonyl (C=O) groups excluding carboxylic acids is 1. The summed E-state index contributed by atoms with van der Waals surface area (Å²) in [5, 5.41) is 34.7. The second-order valence-electron chi connectivity index (χ2n) is 5.68. The molecule has 1 rings (SSSR count). The molecule has 8 nitrogen and oxygen atoms in total. The van der Waals surface area contributed by atoms with Crippen LogP contribution in [0.2, 0.25) is 0 Å². The van der Waals surface area contributed by atoms with Crippen molar-refractivity contribution in [2.45, 2.75) is 50.8 Å². The molecule has 7 N–H and O–H groups in total. The first-order chi connectivity index (χ1) is 10.5. The van der Waals surface area contributed by atoms with E-state index in [2.05, 4.69) is 10.6 Å². The van der Waals surface area contributed by atoms with E-state index in [4.69, 9.17) is 10.5 Å². The minimum absolute atomic E-state index is 0.381. The summed E-state index contributed by atoms with van der Waals surface area (Å²) in [5.41, 5.74) is 5.38. The maximum Gasteiger partial charge on any atom is 0.249 e.